The van der Waals surface area contributed by atoms with Crippen molar-refractivity contribution < 1.29 is 4.79 Å². The van der Waals surface area contributed by atoms with Crippen LogP contribution in [0.25, 0.3) is 4.96 Å². The lowest BCUT2D eigenvalue weighted by Crippen LogP contribution is -2.45. The zero-order chi connectivity index (χ0) is 15.0. The molecular formula is C14H17N3O2S2. The number of amides is 1. The minimum absolute atomic E-state index is 0.167. The zero-order valence-electron chi connectivity index (χ0n) is 12.0. The summed E-state index contributed by atoms with van der Waals surface area (Å²) in [6, 6.07) is 0. The average Bonchev–Trinajstić information content (AvgIpc) is 2.96. The van der Waals surface area contributed by atoms with Crippen LogP contribution in [0.2, 0.25) is 0 Å². The van der Waals surface area contributed by atoms with E-state index in [2.05, 4.69) is 18.8 Å². The van der Waals surface area contributed by atoms with Crippen LogP contribution in [0.5, 0.6) is 0 Å². The molecule has 0 aromatic carbocycles. The molecule has 2 aromatic rings. The molecule has 1 fully saturated rings. The molecular weight excluding hydrogens is 306 g/mol. The third-order valence-electron chi connectivity index (χ3n) is 3.70. The van der Waals surface area contributed by atoms with E-state index in [1.165, 1.54) is 21.9 Å². The highest BCUT2D eigenvalue weighted by atomic mass is 32.2. The van der Waals surface area contributed by atoms with Gasteiger partial charge in [-0.2, -0.15) is 11.8 Å². The molecule has 1 atom stereocenters. The summed E-state index contributed by atoms with van der Waals surface area (Å²) in [5.41, 5.74) is -0.106. The maximum absolute atomic E-state index is 12.6. The Bertz CT molecular complexity index is 722. The first-order valence-electron chi connectivity index (χ1n) is 6.93. The Balaban J connectivity index is 1.89. The Hall–Kier alpha value is -1.34. The molecule has 0 bridgehead atoms. The monoisotopic (exact) mass is 323 g/mol. The lowest BCUT2D eigenvalue weighted by atomic mass is 10.1. The molecule has 1 amide bonds. The zero-order valence-corrected chi connectivity index (χ0v) is 13.6. The van der Waals surface area contributed by atoms with Gasteiger partial charge in [0.25, 0.3) is 11.5 Å². The first-order chi connectivity index (χ1) is 10.1. The molecule has 0 N–H and O–H groups in total. The first kappa shape index (κ1) is 14.6. The Morgan fingerprint density at radius 2 is 2.29 bits per heavy atom. The van der Waals surface area contributed by atoms with E-state index in [4.69, 9.17) is 0 Å². The molecule has 1 aliphatic rings. The van der Waals surface area contributed by atoms with Gasteiger partial charge in [-0.05, 0) is 5.92 Å². The SMILES string of the molecule is CC(C)[C@@H]1CN(C(=O)c2cnc3sccn3c2=O)CCS1. The summed E-state index contributed by atoms with van der Waals surface area (Å²) in [5.74, 6) is 1.24. The highest BCUT2D eigenvalue weighted by Gasteiger charge is 2.28. The van der Waals surface area contributed by atoms with Crippen molar-refractivity contribution in [2.45, 2.75) is 19.1 Å². The molecule has 0 saturated carbocycles. The third kappa shape index (κ3) is 2.72. The van der Waals surface area contributed by atoms with Crippen molar-refractivity contribution in [1.29, 1.82) is 0 Å². The van der Waals surface area contributed by atoms with E-state index in [0.29, 0.717) is 29.2 Å². The van der Waals surface area contributed by atoms with Crippen LogP contribution in [0, 0.1) is 5.92 Å². The smallest absolute Gasteiger partial charge is 0.271 e. The van der Waals surface area contributed by atoms with E-state index in [1.54, 1.807) is 16.5 Å². The minimum atomic E-state index is -0.273. The third-order valence-corrected chi connectivity index (χ3v) is 6.01. The van der Waals surface area contributed by atoms with E-state index in [-0.39, 0.29) is 17.0 Å². The fourth-order valence-electron chi connectivity index (χ4n) is 2.40. The molecule has 7 heteroatoms. The largest absolute Gasteiger partial charge is 0.336 e. The number of carbonyl (C=O) groups excluding carboxylic acids is 1. The maximum atomic E-state index is 12.6. The molecule has 112 valence electrons. The van der Waals surface area contributed by atoms with Crippen LogP contribution in [0.4, 0.5) is 0 Å². The van der Waals surface area contributed by atoms with Gasteiger partial charge in [0.15, 0.2) is 4.96 Å². The molecule has 5 nitrogen and oxygen atoms in total. The summed E-state index contributed by atoms with van der Waals surface area (Å²) in [4.78, 5) is 31.6. The average molecular weight is 323 g/mol. The van der Waals surface area contributed by atoms with Crippen molar-refractivity contribution in [3.8, 4) is 0 Å². The Morgan fingerprint density at radius 1 is 1.48 bits per heavy atom. The number of fused-ring (bicyclic) bond motifs is 1. The van der Waals surface area contributed by atoms with Crippen LogP contribution in [0.1, 0.15) is 24.2 Å². The van der Waals surface area contributed by atoms with Crippen LogP contribution < -0.4 is 5.56 Å². The summed E-state index contributed by atoms with van der Waals surface area (Å²) in [6.45, 7) is 5.73. The van der Waals surface area contributed by atoms with Gasteiger partial charge >= 0.3 is 0 Å². The number of hydrogen-bond donors (Lipinski definition) is 0. The molecule has 3 heterocycles. The van der Waals surface area contributed by atoms with E-state index >= 15 is 0 Å². The second kappa shape index (κ2) is 5.81. The normalized spacial score (nSPS) is 19.4. The lowest BCUT2D eigenvalue weighted by Gasteiger charge is -2.34. The fraction of sp³-hybridized carbons (Fsp3) is 0.500. The Kier molecular flexibility index (Phi) is 4.03. The van der Waals surface area contributed by atoms with Crippen LogP contribution in [0.15, 0.2) is 22.6 Å². The van der Waals surface area contributed by atoms with Gasteiger partial charge in [0.05, 0.1) is 0 Å². The molecule has 3 rings (SSSR count). The predicted molar refractivity (Wildman–Crippen MR) is 86.3 cm³/mol. The standard InChI is InChI=1S/C14H17N3O2S2/c1-9(2)11-8-16(3-5-20-11)12(18)10-7-15-14-17(13(10)19)4-6-21-14/h4,6-7,9,11H,3,5,8H2,1-2H3/t11-/m0/s1. The van der Waals surface area contributed by atoms with Gasteiger partial charge < -0.3 is 4.90 Å². The molecule has 0 radical (unpaired) electrons. The first-order valence-corrected chi connectivity index (χ1v) is 8.86. The fourth-order valence-corrected chi connectivity index (χ4v) is 4.38. The van der Waals surface area contributed by atoms with Gasteiger partial charge in [0.1, 0.15) is 5.56 Å². The molecule has 0 aliphatic carbocycles. The molecule has 0 spiro atoms. The minimum Gasteiger partial charge on any atom is -0.336 e. The van der Waals surface area contributed by atoms with Crippen LogP contribution in [0.3, 0.4) is 0 Å². The van der Waals surface area contributed by atoms with Gasteiger partial charge in [0, 0.05) is 41.9 Å². The summed E-state index contributed by atoms with van der Waals surface area (Å²) >= 11 is 3.29. The lowest BCUT2D eigenvalue weighted by molar-refractivity contribution is 0.0753. The van der Waals surface area contributed by atoms with E-state index in [0.717, 1.165) is 5.75 Å². The molecule has 0 unspecified atom stereocenters. The summed E-state index contributed by atoms with van der Waals surface area (Å²) < 4.78 is 1.44. The van der Waals surface area contributed by atoms with Crippen molar-refractivity contribution in [2.75, 3.05) is 18.8 Å². The van der Waals surface area contributed by atoms with E-state index in [1.807, 2.05) is 11.8 Å². The second-order valence-corrected chi connectivity index (χ2v) is 7.66. The highest BCUT2D eigenvalue weighted by Crippen LogP contribution is 2.25. The second-order valence-electron chi connectivity index (χ2n) is 5.44. The van der Waals surface area contributed by atoms with E-state index < -0.39 is 0 Å². The van der Waals surface area contributed by atoms with Crippen molar-refractivity contribution in [3.05, 3.63) is 33.7 Å². The quantitative estimate of drug-likeness (QED) is 0.848. The maximum Gasteiger partial charge on any atom is 0.271 e. The number of hydrogen-bond acceptors (Lipinski definition) is 5. The summed E-state index contributed by atoms with van der Waals surface area (Å²) in [7, 11) is 0. The molecule has 1 saturated heterocycles. The van der Waals surface area contributed by atoms with Crippen molar-refractivity contribution in [2.24, 2.45) is 5.92 Å². The van der Waals surface area contributed by atoms with Gasteiger partial charge in [-0.15, -0.1) is 11.3 Å². The van der Waals surface area contributed by atoms with Gasteiger partial charge in [0.2, 0.25) is 0 Å². The van der Waals surface area contributed by atoms with Crippen LogP contribution in [-0.2, 0) is 0 Å². The Morgan fingerprint density at radius 3 is 3.05 bits per heavy atom. The molecule has 1 aliphatic heterocycles. The number of nitrogens with zero attached hydrogens (tertiary/aromatic N) is 3. The number of thiazole rings is 1. The molecule has 21 heavy (non-hydrogen) atoms. The molecule has 2 aromatic heterocycles. The highest BCUT2D eigenvalue weighted by molar-refractivity contribution is 8.00. The number of thioether (sulfide) groups is 1. The Labute approximate surface area is 131 Å². The van der Waals surface area contributed by atoms with Crippen LogP contribution >= 0.6 is 23.1 Å². The van der Waals surface area contributed by atoms with Gasteiger partial charge in [-0.25, -0.2) is 4.98 Å². The predicted octanol–water partition coefficient (Wildman–Crippen LogP) is 1.97. The van der Waals surface area contributed by atoms with Crippen molar-refractivity contribution in [3.63, 3.8) is 0 Å². The number of rotatable bonds is 2. The number of aromatic nitrogens is 2. The summed E-state index contributed by atoms with van der Waals surface area (Å²) in [5, 5.41) is 2.23. The van der Waals surface area contributed by atoms with Gasteiger partial charge in [-0.3, -0.25) is 14.0 Å². The van der Waals surface area contributed by atoms with Crippen molar-refractivity contribution in [1.82, 2.24) is 14.3 Å². The van der Waals surface area contributed by atoms with Crippen molar-refractivity contribution >= 4 is 34.0 Å². The van der Waals surface area contributed by atoms with Crippen LogP contribution in [-0.4, -0.2) is 44.3 Å². The number of carbonyl (C=O) groups is 1. The topological polar surface area (TPSA) is 54.7 Å². The summed E-state index contributed by atoms with van der Waals surface area (Å²) in [6.07, 6.45) is 3.08. The van der Waals surface area contributed by atoms with E-state index in [9.17, 15) is 9.59 Å². The van der Waals surface area contributed by atoms with Gasteiger partial charge in [-0.1, -0.05) is 13.8 Å².